The molecule has 14 heavy (non-hydrogen) atoms. The van der Waals surface area contributed by atoms with E-state index in [9.17, 15) is 0 Å². The molecule has 1 aliphatic rings. The van der Waals surface area contributed by atoms with E-state index in [1.165, 1.54) is 0 Å². The normalized spacial score (nSPS) is 24.0. The molecule has 0 spiro atoms. The number of hydrogen-bond donors (Lipinski definition) is 1. The highest BCUT2D eigenvalue weighted by molar-refractivity contribution is 5.12. The van der Waals surface area contributed by atoms with Crippen LogP contribution in [0.4, 0.5) is 0 Å². The van der Waals surface area contributed by atoms with E-state index >= 15 is 0 Å². The standard InChI is InChI=1S/C10H17N3O/c1-2-13-7-8(6-12-13)10(11)9-4-3-5-14-9/h6-7,9-10H,2-5,11H2,1H3. The third-order valence-corrected chi connectivity index (χ3v) is 2.73. The summed E-state index contributed by atoms with van der Waals surface area (Å²) in [5.74, 6) is 0. The number of ether oxygens (including phenoxy) is 1. The van der Waals surface area contributed by atoms with Gasteiger partial charge in [-0.1, -0.05) is 0 Å². The Morgan fingerprint density at radius 3 is 3.21 bits per heavy atom. The van der Waals surface area contributed by atoms with E-state index in [-0.39, 0.29) is 12.1 Å². The predicted molar refractivity (Wildman–Crippen MR) is 53.8 cm³/mol. The molecule has 0 radical (unpaired) electrons. The molecular weight excluding hydrogens is 178 g/mol. The molecule has 1 aliphatic heterocycles. The van der Waals surface area contributed by atoms with Gasteiger partial charge in [0.15, 0.2) is 0 Å². The molecule has 0 amide bonds. The first-order valence-corrected chi connectivity index (χ1v) is 5.21. The Hall–Kier alpha value is -0.870. The molecule has 4 nitrogen and oxygen atoms in total. The van der Waals surface area contributed by atoms with Gasteiger partial charge in [0.05, 0.1) is 18.3 Å². The summed E-state index contributed by atoms with van der Waals surface area (Å²) in [7, 11) is 0. The van der Waals surface area contributed by atoms with Crippen molar-refractivity contribution in [2.75, 3.05) is 6.61 Å². The van der Waals surface area contributed by atoms with Crippen molar-refractivity contribution in [3.05, 3.63) is 18.0 Å². The maximum Gasteiger partial charge on any atom is 0.0769 e. The van der Waals surface area contributed by atoms with Gasteiger partial charge in [0.25, 0.3) is 0 Å². The van der Waals surface area contributed by atoms with Gasteiger partial charge in [-0.2, -0.15) is 5.10 Å². The third-order valence-electron chi connectivity index (χ3n) is 2.73. The van der Waals surface area contributed by atoms with E-state index in [0.717, 1.165) is 31.6 Å². The average molecular weight is 195 g/mol. The molecule has 0 bridgehead atoms. The first-order valence-electron chi connectivity index (χ1n) is 5.21. The van der Waals surface area contributed by atoms with Gasteiger partial charge in [-0.15, -0.1) is 0 Å². The number of aromatic nitrogens is 2. The van der Waals surface area contributed by atoms with Crippen LogP contribution in [0, 0.1) is 0 Å². The smallest absolute Gasteiger partial charge is 0.0769 e. The van der Waals surface area contributed by atoms with Crippen molar-refractivity contribution in [2.24, 2.45) is 5.73 Å². The van der Waals surface area contributed by atoms with Gasteiger partial charge < -0.3 is 10.5 Å². The van der Waals surface area contributed by atoms with Crippen LogP contribution in [0.5, 0.6) is 0 Å². The molecule has 0 aliphatic carbocycles. The summed E-state index contributed by atoms with van der Waals surface area (Å²) in [6.45, 7) is 3.80. The topological polar surface area (TPSA) is 53.1 Å². The van der Waals surface area contributed by atoms with Crippen molar-refractivity contribution in [1.29, 1.82) is 0 Å². The summed E-state index contributed by atoms with van der Waals surface area (Å²) < 4.78 is 7.44. The number of nitrogens with zero attached hydrogens (tertiary/aromatic N) is 2. The average Bonchev–Trinajstić information content (AvgIpc) is 2.88. The van der Waals surface area contributed by atoms with Gasteiger partial charge >= 0.3 is 0 Å². The fraction of sp³-hybridized carbons (Fsp3) is 0.700. The molecule has 4 heteroatoms. The molecule has 0 saturated carbocycles. The quantitative estimate of drug-likeness (QED) is 0.785. The molecule has 1 fully saturated rings. The zero-order chi connectivity index (χ0) is 9.97. The van der Waals surface area contributed by atoms with Crippen molar-refractivity contribution in [1.82, 2.24) is 9.78 Å². The molecule has 1 saturated heterocycles. The van der Waals surface area contributed by atoms with E-state index in [1.54, 1.807) is 0 Å². The Morgan fingerprint density at radius 2 is 2.64 bits per heavy atom. The molecule has 0 aromatic carbocycles. The van der Waals surface area contributed by atoms with Gasteiger partial charge in [-0.05, 0) is 19.8 Å². The monoisotopic (exact) mass is 195 g/mol. The molecule has 78 valence electrons. The maximum atomic E-state index is 6.09. The molecule has 1 aromatic heterocycles. The number of rotatable bonds is 3. The lowest BCUT2D eigenvalue weighted by Crippen LogP contribution is -2.25. The Bertz CT molecular complexity index is 291. The van der Waals surface area contributed by atoms with Crippen LogP contribution >= 0.6 is 0 Å². The highest BCUT2D eigenvalue weighted by Crippen LogP contribution is 2.24. The minimum absolute atomic E-state index is 0.0159. The van der Waals surface area contributed by atoms with Crippen LogP contribution in [0.2, 0.25) is 0 Å². The Morgan fingerprint density at radius 1 is 1.79 bits per heavy atom. The van der Waals surface area contributed by atoms with Gasteiger partial charge in [-0.25, -0.2) is 0 Å². The SMILES string of the molecule is CCn1cc(C(N)C2CCCO2)cn1. The summed E-state index contributed by atoms with van der Waals surface area (Å²) in [5.41, 5.74) is 7.17. The van der Waals surface area contributed by atoms with E-state index in [4.69, 9.17) is 10.5 Å². The molecule has 2 unspecified atom stereocenters. The summed E-state index contributed by atoms with van der Waals surface area (Å²) in [5, 5.41) is 4.21. The summed E-state index contributed by atoms with van der Waals surface area (Å²) in [4.78, 5) is 0. The lowest BCUT2D eigenvalue weighted by molar-refractivity contribution is 0.0900. The fourth-order valence-electron chi connectivity index (χ4n) is 1.83. The second kappa shape index (κ2) is 4.11. The summed E-state index contributed by atoms with van der Waals surface area (Å²) >= 11 is 0. The van der Waals surface area contributed by atoms with Gasteiger partial charge in [0.2, 0.25) is 0 Å². The highest BCUT2D eigenvalue weighted by Gasteiger charge is 2.24. The van der Waals surface area contributed by atoms with Crippen molar-refractivity contribution >= 4 is 0 Å². The minimum Gasteiger partial charge on any atom is -0.376 e. The zero-order valence-electron chi connectivity index (χ0n) is 8.52. The van der Waals surface area contributed by atoms with Crippen LogP contribution in [-0.2, 0) is 11.3 Å². The predicted octanol–water partition coefficient (Wildman–Crippen LogP) is 1.08. The number of aryl methyl sites for hydroxylation is 1. The molecular formula is C10H17N3O. The van der Waals surface area contributed by atoms with Crippen LogP contribution in [0.3, 0.4) is 0 Å². The first-order chi connectivity index (χ1) is 6.81. The van der Waals surface area contributed by atoms with Crippen molar-refractivity contribution in [2.45, 2.75) is 38.5 Å². The molecule has 2 atom stereocenters. The van der Waals surface area contributed by atoms with Crippen LogP contribution in [-0.4, -0.2) is 22.5 Å². The van der Waals surface area contributed by atoms with Gasteiger partial charge in [-0.3, -0.25) is 4.68 Å². The van der Waals surface area contributed by atoms with E-state index in [2.05, 4.69) is 12.0 Å². The van der Waals surface area contributed by atoms with Gasteiger partial charge in [0.1, 0.15) is 0 Å². The fourth-order valence-corrected chi connectivity index (χ4v) is 1.83. The van der Waals surface area contributed by atoms with E-state index in [0.29, 0.717) is 0 Å². The van der Waals surface area contributed by atoms with Crippen molar-refractivity contribution in [3.8, 4) is 0 Å². The Labute approximate surface area is 84.0 Å². The first kappa shape index (κ1) is 9.68. The van der Waals surface area contributed by atoms with E-state index < -0.39 is 0 Å². The third kappa shape index (κ3) is 1.81. The van der Waals surface area contributed by atoms with Crippen LogP contribution < -0.4 is 5.73 Å². The lowest BCUT2D eigenvalue weighted by Gasteiger charge is -2.16. The second-order valence-corrected chi connectivity index (χ2v) is 3.71. The number of nitrogens with two attached hydrogens (primary N) is 1. The minimum atomic E-state index is -0.0159. The van der Waals surface area contributed by atoms with Crippen LogP contribution in [0.1, 0.15) is 31.4 Å². The lowest BCUT2D eigenvalue weighted by atomic mass is 10.0. The molecule has 2 N–H and O–H groups in total. The number of hydrogen-bond acceptors (Lipinski definition) is 3. The maximum absolute atomic E-state index is 6.09. The zero-order valence-corrected chi connectivity index (χ0v) is 8.52. The van der Waals surface area contributed by atoms with Crippen molar-refractivity contribution < 1.29 is 4.74 Å². The molecule has 1 aromatic rings. The highest BCUT2D eigenvalue weighted by atomic mass is 16.5. The Kier molecular flexibility index (Phi) is 2.84. The largest absolute Gasteiger partial charge is 0.376 e. The molecule has 2 heterocycles. The summed E-state index contributed by atoms with van der Waals surface area (Å²) in [6.07, 6.45) is 6.23. The van der Waals surface area contributed by atoms with Gasteiger partial charge in [0, 0.05) is 24.9 Å². The van der Waals surface area contributed by atoms with E-state index in [1.807, 2.05) is 17.1 Å². The Balaban J connectivity index is 2.05. The second-order valence-electron chi connectivity index (χ2n) is 3.71. The summed E-state index contributed by atoms with van der Waals surface area (Å²) in [6, 6.07) is -0.0159. The molecule has 2 rings (SSSR count). The van der Waals surface area contributed by atoms with Crippen molar-refractivity contribution in [3.63, 3.8) is 0 Å². The van der Waals surface area contributed by atoms with Crippen LogP contribution in [0.25, 0.3) is 0 Å². The van der Waals surface area contributed by atoms with Crippen LogP contribution in [0.15, 0.2) is 12.4 Å².